The van der Waals surface area contributed by atoms with E-state index in [2.05, 4.69) is 0 Å². The van der Waals surface area contributed by atoms with E-state index in [0.717, 1.165) is 19.3 Å². The highest BCUT2D eigenvalue weighted by molar-refractivity contribution is 5.71. The van der Waals surface area contributed by atoms with Crippen molar-refractivity contribution >= 4 is 5.97 Å². The summed E-state index contributed by atoms with van der Waals surface area (Å²) in [4.78, 5) is 10.3. The Bertz CT molecular complexity index is 103. The van der Waals surface area contributed by atoms with Crippen LogP contribution in [0.3, 0.4) is 0 Å². The zero-order valence-electron chi connectivity index (χ0n) is 5.34. The first-order valence-corrected chi connectivity index (χ1v) is 3.37. The van der Waals surface area contributed by atoms with Crippen LogP contribution in [-0.2, 0) is 4.79 Å². The number of hydrogen-bond donors (Lipinski definition) is 1. The van der Waals surface area contributed by atoms with E-state index >= 15 is 0 Å². The van der Waals surface area contributed by atoms with E-state index in [1.807, 2.05) is 6.42 Å². The van der Waals surface area contributed by atoms with E-state index in [-0.39, 0.29) is 5.92 Å². The normalized spacial score (nSPS) is 21.8. The summed E-state index contributed by atoms with van der Waals surface area (Å²) in [5.41, 5.74) is 0. The minimum Gasteiger partial charge on any atom is -0.481 e. The van der Waals surface area contributed by atoms with E-state index in [0.29, 0.717) is 0 Å². The lowest BCUT2D eigenvalue weighted by Gasteiger charge is -2.15. The maximum Gasteiger partial charge on any atom is 0.306 e. The number of carboxylic acid groups (broad SMARTS) is 1. The van der Waals surface area contributed by atoms with Crippen molar-refractivity contribution in [1.82, 2.24) is 0 Å². The Kier molecular flexibility index (Phi) is 2.09. The van der Waals surface area contributed by atoms with Gasteiger partial charge >= 0.3 is 5.97 Å². The maximum atomic E-state index is 10.3. The number of rotatable bonds is 1. The van der Waals surface area contributed by atoms with Gasteiger partial charge in [-0.2, -0.15) is 0 Å². The fourth-order valence-corrected chi connectivity index (χ4v) is 1.17. The lowest BCUT2D eigenvalue weighted by Crippen LogP contribution is -2.16. The van der Waals surface area contributed by atoms with Crippen LogP contribution >= 0.6 is 0 Å². The summed E-state index contributed by atoms with van der Waals surface area (Å²) in [6, 6.07) is 0. The van der Waals surface area contributed by atoms with Gasteiger partial charge in [0, 0.05) is 0 Å². The fraction of sp³-hybridized carbons (Fsp3) is 0.714. The molecule has 0 saturated heterocycles. The molecule has 0 aromatic rings. The van der Waals surface area contributed by atoms with Crippen LogP contribution < -0.4 is 0 Å². The van der Waals surface area contributed by atoms with E-state index in [9.17, 15) is 4.79 Å². The van der Waals surface area contributed by atoms with Gasteiger partial charge < -0.3 is 5.11 Å². The topological polar surface area (TPSA) is 37.3 Å². The predicted octanol–water partition coefficient (Wildman–Crippen LogP) is 1.47. The second kappa shape index (κ2) is 2.85. The second-order valence-electron chi connectivity index (χ2n) is 2.46. The fourth-order valence-electron chi connectivity index (χ4n) is 1.17. The van der Waals surface area contributed by atoms with E-state index in [4.69, 9.17) is 5.11 Å². The van der Waals surface area contributed by atoms with Crippen LogP contribution in [-0.4, -0.2) is 11.1 Å². The summed E-state index contributed by atoms with van der Waals surface area (Å²) >= 11 is 0. The van der Waals surface area contributed by atoms with Crippen LogP contribution in [0.5, 0.6) is 0 Å². The summed E-state index contributed by atoms with van der Waals surface area (Å²) in [6.07, 6.45) is 5.98. The quantitative estimate of drug-likeness (QED) is 0.579. The van der Waals surface area contributed by atoms with Crippen LogP contribution in [0.25, 0.3) is 0 Å². The van der Waals surface area contributed by atoms with Gasteiger partial charge in [0.15, 0.2) is 0 Å². The molecule has 1 radical (unpaired) electrons. The highest BCUT2D eigenvalue weighted by atomic mass is 16.4. The molecule has 9 heavy (non-hydrogen) atoms. The minimum atomic E-state index is -0.658. The van der Waals surface area contributed by atoms with Crippen molar-refractivity contribution < 1.29 is 9.90 Å². The Morgan fingerprint density at radius 1 is 1.56 bits per heavy atom. The zero-order valence-corrected chi connectivity index (χ0v) is 5.34. The lowest BCUT2D eigenvalue weighted by molar-refractivity contribution is -0.141. The number of aliphatic carboxylic acids is 1. The monoisotopic (exact) mass is 127 g/mol. The first kappa shape index (κ1) is 6.59. The molecule has 0 bridgehead atoms. The Balaban J connectivity index is 2.31. The SMILES string of the molecule is O=C(O)C1[CH]CCCC1. The third-order valence-corrected chi connectivity index (χ3v) is 1.74. The molecule has 1 saturated carbocycles. The average Bonchev–Trinajstić information content (AvgIpc) is 1.90. The van der Waals surface area contributed by atoms with Gasteiger partial charge in [0.25, 0.3) is 0 Å². The molecule has 0 spiro atoms. The number of carboxylic acids is 1. The number of hydrogen-bond acceptors (Lipinski definition) is 1. The molecule has 51 valence electrons. The van der Waals surface area contributed by atoms with Crippen molar-refractivity contribution in [3.05, 3.63) is 6.42 Å². The molecule has 1 atom stereocenters. The van der Waals surface area contributed by atoms with Gasteiger partial charge in [-0.25, -0.2) is 0 Å². The lowest BCUT2D eigenvalue weighted by atomic mass is 9.90. The van der Waals surface area contributed by atoms with Crippen LogP contribution in [0.2, 0.25) is 0 Å². The van der Waals surface area contributed by atoms with Crippen LogP contribution in [0.15, 0.2) is 0 Å². The van der Waals surface area contributed by atoms with Gasteiger partial charge in [0.1, 0.15) is 0 Å². The third-order valence-electron chi connectivity index (χ3n) is 1.74. The molecule has 0 aliphatic heterocycles. The summed E-state index contributed by atoms with van der Waals surface area (Å²) in [5, 5.41) is 8.51. The van der Waals surface area contributed by atoms with Gasteiger partial charge in [-0.05, 0) is 19.3 Å². The van der Waals surface area contributed by atoms with Crippen molar-refractivity contribution in [2.45, 2.75) is 25.7 Å². The van der Waals surface area contributed by atoms with Crippen molar-refractivity contribution in [3.8, 4) is 0 Å². The average molecular weight is 127 g/mol. The summed E-state index contributed by atoms with van der Waals surface area (Å²) in [5.74, 6) is -0.812. The molecule has 0 aromatic carbocycles. The minimum absolute atomic E-state index is 0.154. The van der Waals surface area contributed by atoms with Gasteiger partial charge in [-0.3, -0.25) is 4.79 Å². The van der Waals surface area contributed by atoms with Crippen molar-refractivity contribution in [3.63, 3.8) is 0 Å². The second-order valence-corrected chi connectivity index (χ2v) is 2.46. The smallest absolute Gasteiger partial charge is 0.306 e. The molecule has 2 nitrogen and oxygen atoms in total. The predicted molar refractivity (Wildman–Crippen MR) is 33.9 cm³/mol. The molecule has 0 heterocycles. The van der Waals surface area contributed by atoms with Crippen molar-refractivity contribution in [1.29, 1.82) is 0 Å². The summed E-state index contributed by atoms with van der Waals surface area (Å²) < 4.78 is 0. The van der Waals surface area contributed by atoms with Crippen LogP contribution in [0.1, 0.15) is 25.7 Å². The van der Waals surface area contributed by atoms with Crippen LogP contribution in [0.4, 0.5) is 0 Å². The van der Waals surface area contributed by atoms with E-state index in [1.165, 1.54) is 6.42 Å². The van der Waals surface area contributed by atoms with Crippen LogP contribution in [0, 0.1) is 12.3 Å². The van der Waals surface area contributed by atoms with E-state index < -0.39 is 5.97 Å². The molecule has 2 heteroatoms. The highest BCUT2D eigenvalue weighted by Gasteiger charge is 2.19. The van der Waals surface area contributed by atoms with E-state index in [1.54, 1.807) is 0 Å². The van der Waals surface area contributed by atoms with Crippen molar-refractivity contribution in [2.24, 2.45) is 5.92 Å². The zero-order chi connectivity index (χ0) is 6.69. The Morgan fingerprint density at radius 2 is 2.33 bits per heavy atom. The molecule has 1 unspecified atom stereocenters. The van der Waals surface area contributed by atoms with Gasteiger partial charge in [-0.1, -0.05) is 12.8 Å². The Morgan fingerprint density at radius 3 is 2.67 bits per heavy atom. The van der Waals surface area contributed by atoms with Gasteiger partial charge in [0.05, 0.1) is 5.92 Å². The first-order valence-electron chi connectivity index (χ1n) is 3.37. The molecule has 1 aliphatic rings. The third kappa shape index (κ3) is 1.70. The van der Waals surface area contributed by atoms with Crippen molar-refractivity contribution in [2.75, 3.05) is 0 Å². The summed E-state index contributed by atoms with van der Waals surface area (Å²) in [7, 11) is 0. The van der Waals surface area contributed by atoms with Gasteiger partial charge in [-0.15, -0.1) is 0 Å². The first-order chi connectivity index (χ1) is 4.30. The standard InChI is InChI=1S/C7H11O2/c8-7(9)6-4-2-1-3-5-6/h4,6H,1-3,5H2,(H,8,9). The van der Waals surface area contributed by atoms with Gasteiger partial charge in [0.2, 0.25) is 0 Å². The molecule has 0 amide bonds. The molecule has 1 fully saturated rings. The molecule has 0 aromatic heterocycles. The number of carbonyl (C=O) groups is 1. The molecule has 1 rings (SSSR count). The highest BCUT2D eigenvalue weighted by Crippen LogP contribution is 2.22. The summed E-state index contributed by atoms with van der Waals surface area (Å²) in [6.45, 7) is 0. The maximum absolute atomic E-state index is 10.3. The largest absolute Gasteiger partial charge is 0.481 e. The Labute approximate surface area is 54.9 Å². The molecular weight excluding hydrogens is 116 g/mol. The molecule has 1 aliphatic carbocycles. The molecular formula is C7H11O2. The molecule has 1 N–H and O–H groups in total. The Hall–Kier alpha value is -0.530.